The van der Waals surface area contributed by atoms with Crippen LogP contribution >= 0.6 is 0 Å². The van der Waals surface area contributed by atoms with Gasteiger partial charge in [0, 0.05) is 31.3 Å². The Morgan fingerprint density at radius 3 is 2.84 bits per heavy atom. The maximum Gasteiger partial charge on any atom is 0.289 e. The lowest BCUT2D eigenvalue weighted by molar-refractivity contribution is 0.0680. The first-order valence-corrected chi connectivity index (χ1v) is 8.29. The average Bonchev–Trinajstić information content (AvgIpc) is 3.33. The number of hydrogen-bond donors (Lipinski definition) is 0. The van der Waals surface area contributed by atoms with E-state index in [-0.39, 0.29) is 11.8 Å². The summed E-state index contributed by atoms with van der Waals surface area (Å²) in [6.45, 7) is 3.22. The highest BCUT2D eigenvalue weighted by Crippen LogP contribution is 2.34. The summed E-state index contributed by atoms with van der Waals surface area (Å²) in [5.41, 5.74) is 2.65. The van der Waals surface area contributed by atoms with Crippen LogP contribution in [0.5, 0.6) is 0 Å². The fourth-order valence-electron chi connectivity index (χ4n) is 3.26. The van der Waals surface area contributed by atoms with Crippen LogP contribution in [-0.2, 0) is 0 Å². The van der Waals surface area contributed by atoms with Gasteiger partial charge in [0.1, 0.15) is 6.33 Å². The number of piperidine rings is 1. The molecule has 0 unspecified atom stereocenters. The molecule has 1 aliphatic heterocycles. The maximum atomic E-state index is 12.4. The van der Waals surface area contributed by atoms with Crippen molar-refractivity contribution in [2.75, 3.05) is 13.1 Å². The molecular formula is C18H18N4O3. The van der Waals surface area contributed by atoms with Crippen molar-refractivity contribution < 1.29 is 13.7 Å². The fourth-order valence-corrected chi connectivity index (χ4v) is 3.26. The van der Waals surface area contributed by atoms with Crippen molar-refractivity contribution >= 4 is 5.91 Å². The van der Waals surface area contributed by atoms with Crippen molar-refractivity contribution in [2.24, 2.45) is 0 Å². The Kier molecular flexibility index (Phi) is 4.05. The van der Waals surface area contributed by atoms with Crippen molar-refractivity contribution in [1.82, 2.24) is 20.0 Å². The minimum atomic E-state index is -0.0581. The van der Waals surface area contributed by atoms with E-state index in [0.717, 1.165) is 29.8 Å². The largest absolute Gasteiger partial charge is 0.459 e. The normalized spacial score (nSPS) is 15.5. The zero-order valence-corrected chi connectivity index (χ0v) is 13.9. The van der Waals surface area contributed by atoms with Crippen LogP contribution in [0.1, 0.15) is 40.7 Å². The molecule has 3 aromatic rings. The van der Waals surface area contributed by atoms with Crippen LogP contribution in [0.3, 0.4) is 0 Å². The quantitative estimate of drug-likeness (QED) is 0.729. The van der Waals surface area contributed by atoms with Gasteiger partial charge in [-0.3, -0.25) is 4.79 Å². The number of aromatic nitrogens is 3. The highest BCUT2D eigenvalue weighted by molar-refractivity contribution is 5.91. The average molecular weight is 338 g/mol. The smallest absolute Gasteiger partial charge is 0.289 e. The standard InChI is InChI=1S/C18H18N4O3/c1-12-9-16(25-21-12)14-10-19-11-20-17(14)13-4-6-22(7-5-13)18(23)15-3-2-8-24-15/h2-3,8-11,13H,4-7H2,1H3. The molecule has 3 aromatic heterocycles. The van der Waals surface area contributed by atoms with Crippen molar-refractivity contribution in [2.45, 2.75) is 25.7 Å². The zero-order chi connectivity index (χ0) is 17.2. The van der Waals surface area contributed by atoms with Crippen LogP contribution in [0.4, 0.5) is 0 Å². The number of nitrogens with zero attached hydrogens (tertiary/aromatic N) is 4. The number of furan rings is 1. The maximum absolute atomic E-state index is 12.4. The first kappa shape index (κ1) is 15.6. The predicted octanol–water partition coefficient (Wildman–Crippen LogP) is 3.05. The number of hydrogen-bond acceptors (Lipinski definition) is 6. The Morgan fingerprint density at radius 2 is 2.16 bits per heavy atom. The van der Waals surface area contributed by atoms with Crippen LogP contribution in [0.25, 0.3) is 11.3 Å². The minimum Gasteiger partial charge on any atom is -0.459 e. The van der Waals surface area contributed by atoms with E-state index in [4.69, 9.17) is 8.94 Å². The summed E-state index contributed by atoms with van der Waals surface area (Å²) in [5.74, 6) is 1.27. The second-order valence-electron chi connectivity index (χ2n) is 6.20. The third-order valence-electron chi connectivity index (χ3n) is 4.54. The highest BCUT2D eigenvalue weighted by Gasteiger charge is 2.28. The molecule has 0 N–H and O–H groups in total. The molecule has 4 heterocycles. The first-order valence-electron chi connectivity index (χ1n) is 8.29. The Bertz CT molecular complexity index is 864. The van der Waals surface area contributed by atoms with E-state index in [1.807, 2.05) is 17.9 Å². The number of carbonyl (C=O) groups excluding carboxylic acids is 1. The van der Waals surface area contributed by atoms with Gasteiger partial charge in [0.25, 0.3) is 5.91 Å². The van der Waals surface area contributed by atoms with Gasteiger partial charge in [0.05, 0.1) is 23.2 Å². The number of aryl methyl sites for hydroxylation is 1. The van der Waals surface area contributed by atoms with Crippen LogP contribution in [0, 0.1) is 6.92 Å². The van der Waals surface area contributed by atoms with Gasteiger partial charge in [-0.1, -0.05) is 5.16 Å². The van der Waals surface area contributed by atoms with Crippen molar-refractivity contribution in [3.8, 4) is 11.3 Å². The van der Waals surface area contributed by atoms with E-state index < -0.39 is 0 Å². The molecule has 7 nitrogen and oxygen atoms in total. The molecule has 25 heavy (non-hydrogen) atoms. The number of amides is 1. The predicted molar refractivity (Wildman–Crippen MR) is 88.9 cm³/mol. The lowest BCUT2D eigenvalue weighted by Gasteiger charge is -2.31. The Morgan fingerprint density at radius 1 is 1.32 bits per heavy atom. The molecule has 7 heteroatoms. The molecule has 128 valence electrons. The van der Waals surface area contributed by atoms with Crippen LogP contribution in [0.15, 0.2) is 45.9 Å². The van der Waals surface area contributed by atoms with Crippen molar-refractivity contribution in [3.05, 3.63) is 54.1 Å². The Hall–Kier alpha value is -2.96. The van der Waals surface area contributed by atoms with E-state index >= 15 is 0 Å². The Balaban J connectivity index is 1.51. The van der Waals surface area contributed by atoms with Gasteiger partial charge in [-0.05, 0) is 31.9 Å². The molecule has 0 radical (unpaired) electrons. The van der Waals surface area contributed by atoms with E-state index in [0.29, 0.717) is 24.6 Å². The zero-order valence-electron chi connectivity index (χ0n) is 13.9. The summed E-state index contributed by atoms with van der Waals surface area (Å²) >= 11 is 0. The molecule has 0 aromatic carbocycles. The molecule has 0 aliphatic carbocycles. The second kappa shape index (κ2) is 6.51. The van der Waals surface area contributed by atoms with E-state index in [9.17, 15) is 4.79 Å². The summed E-state index contributed by atoms with van der Waals surface area (Å²) in [7, 11) is 0. The molecule has 1 fully saturated rings. The molecule has 0 atom stereocenters. The molecular weight excluding hydrogens is 320 g/mol. The van der Waals surface area contributed by atoms with Crippen molar-refractivity contribution in [3.63, 3.8) is 0 Å². The molecule has 1 amide bonds. The van der Waals surface area contributed by atoms with E-state index in [1.54, 1.807) is 24.7 Å². The van der Waals surface area contributed by atoms with Gasteiger partial charge >= 0.3 is 0 Å². The van der Waals surface area contributed by atoms with Gasteiger partial charge in [0.15, 0.2) is 11.5 Å². The van der Waals surface area contributed by atoms with Crippen molar-refractivity contribution in [1.29, 1.82) is 0 Å². The summed E-state index contributed by atoms with van der Waals surface area (Å²) in [6, 6.07) is 5.31. The summed E-state index contributed by atoms with van der Waals surface area (Å²) in [5, 5.41) is 3.95. The van der Waals surface area contributed by atoms with Crippen LogP contribution < -0.4 is 0 Å². The van der Waals surface area contributed by atoms with Gasteiger partial charge in [-0.15, -0.1) is 0 Å². The molecule has 1 saturated heterocycles. The van der Waals surface area contributed by atoms with Gasteiger partial charge in [-0.25, -0.2) is 9.97 Å². The van der Waals surface area contributed by atoms with Crippen LogP contribution in [-0.4, -0.2) is 39.0 Å². The Labute approximate surface area is 144 Å². The van der Waals surface area contributed by atoms with Gasteiger partial charge in [-0.2, -0.15) is 0 Å². The number of rotatable bonds is 3. The summed E-state index contributed by atoms with van der Waals surface area (Å²) in [4.78, 5) is 22.8. The minimum absolute atomic E-state index is 0.0581. The molecule has 0 spiro atoms. The van der Waals surface area contributed by atoms with Crippen LogP contribution in [0.2, 0.25) is 0 Å². The third-order valence-corrected chi connectivity index (χ3v) is 4.54. The monoisotopic (exact) mass is 338 g/mol. The molecule has 0 bridgehead atoms. The SMILES string of the molecule is Cc1cc(-c2cncnc2C2CCN(C(=O)c3ccco3)CC2)on1. The topological polar surface area (TPSA) is 85.3 Å². The molecule has 4 rings (SSSR count). The second-order valence-corrected chi connectivity index (χ2v) is 6.20. The van der Waals surface area contributed by atoms with E-state index in [2.05, 4.69) is 15.1 Å². The molecule has 0 saturated carbocycles. The van der Waals surface area contributed by atoms with Gasteiger partial charge < -0.3 is 13.8 Å². The summed E-state index contributed by atoms with van der Waals surface area (Å²) in [6.07, 6.45) is 6.52. The highest BCUT2D eigenvalue weighted by atomic mass is 16.5. The number of carbonyl (C=O) groups is 1. The third kappa shape index (κ3) is 3.05. The lowest BCUT2D eigenvalue weighted by Crippen LogP contribution is -2.38. The number of likely N-dealkylation sites (tertiary alicyclic amines) is 1. The summed E-state index contributed by atoms with van der Waals surface area (Å²) < 4.78 is 10.6. The van der Waals surface area contributed by atoms with Gasteiger partial charge in [0.2, 0.25) is 0 Å². The first-order chi connectivity index (χ1) is 12.2. The lowest BCUT2D eigenvalue weighted by atomic mass is 9.90. The molecule has 1 aliphatic rings. The van der Waals surface area contributed by atoms with E-state index in [1.165, 1.54) is 6.26 Å². The fraction of sp³-hybridized carbons (Fsp3) is 0.333.